The number of rotatable bonds is 9. The molecule has 0 saturated carbocycles. The first-order valence-electron chi connectivity index (χ1n) is 8.70. The fraction of sp³-hybridized carbons (Fsp3) is 0.368. The van der Waals surface area contributed by atoms with Crippen LogP contribution in [0, 0.1) is 0 Å². The van der Waals surface area contributed by atoms with E-state index in [0.29, 0.717) is 30.0 Å². The van der Waals surface area contributed by atoms with Crippen LogP contribution in [0.25, 0.3) is 0 Å². The van der Waals surface area contributed by atoms with E-state index >= 15 is 0 Å². The molecular formula is C19H23F3N4O3. The lowest BCUT2D eigenvalue weighted by atomic mass is 10.1. The minimum atomic E-state index is -4.44. The second kappa shape index (κ2) is 10.4. The molecule has 1 heterocycles. The number of pyridine rings is 1. The fourth-order valence-electron chi connectivity index (χ4n) is 2.42. The Kier molecular flexibility index (Phi) is 7.93. The Labute approximate surface area is 166 Å². The number of nitrogens with two attached hydrogens (primary N) is 1. The van der Waals surface area contributed by atoms with Crippen molar-refractivity contribution in [2.45, 2.75) is 19.1 Å². The number of nitrogens with zero attached hydrogens (tertiary/aromatic N) is 2. The van der Waals surface area contributed by atoms with E-state index in [1.54, 1.807) is 26.4 Å². The molecule has 2 aromatic rings. The third kappa shape index (κ3) is 7.40. The SMILES string of the molecule is COc1ccc(CCNC(N)=NCc2cccnc2OCC(F)(F)F)cc1OC. The van der Waals surface area contributed by atoms with Crippen LogP contribution in [0.4, 0.5) is 13.2 Å². The van der Waals surface area contributed by atoms with Gasteiger partial charge < -0.3 is 25.3 Å². The van der Waals surface area contributed by atoms with Gasteiger partial charge in [-0.05, 0) is 30.2 Å². The molecule has 7 nitrogen and oxygen atoms in total. The van der Waals surface area contributed by atoms with Gasteiger partial charge in [-0.25, -0.2) is 9.98 Å². The largest absolute Gasteiger partial charge is 0.493 e. The lowest BCUT2D eigenvalue weighted by Gasteiger charge is -2.11. The number of aromatic nitrogens is 1. The molecule has 3 N–H and O–H groups in total. The summed E-state index contributed by atoms with van der Waals surface area (Å²) in [6.07, 6.45) is -2.43. The van der Waals surface area contributed by atoms with Crippen molar-refractivity contribution < 1.29 is 27.4 Å². The second-order valence-electron chi connectivity index (χ2n) is 5.94. The van der Waals surface area contributed by atoms with Crippen LogP contribution in [0.1, 0.15) is 11.1 Å². The van der Waals surface area contributed by atoms with Crippen LogP contribution in [0.3, 0.4) is 0 Å². The van der Waals surface area contributed by atoms with E-state index in [1.807, 2.05) is 18.2 Å². The molecule has 0 radical (unpaired) electrons. The molecule has 0 saturated heterocycles. The average Bonchev–Trinajstić information content (AvgIpc) is 2.70. The van der Waals surface area contributed by atoms with Crippen molar-refractivity contribution in [3.05, 3.63) is 47.7 Å². The lowest BCUT2D eigenvalue weighted by Crippen LogP contribution is -2.33. The van der Waals surface area contributed by atoms with Crippen molar-refractivity contribution in [1.82, 2.24) is 10.3 Å². The van der Waals surface area contributed by atoms with E-state index in [4.69, 9.17) is 19.9 Å². The summed E-state index contributed by atoms with van der Waals surface area (Å²) in [4.78, 5) is 7.95. The summed E-state index contributed by atoms with van der Waals surface area (Å²) in [5.41, 5.74) is 7.25. The molecule has 158 valence electrons. The molecule has 0 fully saturated rings. The summed E-state index contributed by atoms with van der Waals surface area (Å²) in [7, 11) is 3.13. The van der Waals surface area contributed by atoms with Gasteiger partial charge in [-0.1, -0.05) is 12.1 Å². The number of benzene rings is 1. The maximum atomic E-state index is 12.3. The molecule has 0 spiro atoms. The van der Waals surface area contributed by atoms with E-state index in [0.717, 1.165) is 5.56 Å². The van der Waals surface area contributed by atoms with Crippen molar-refractivity contribution in [1.29, 1.82) is 0 Å². The molecule has 2 rings (SSSR count). The molecule has 0 amide bonds. The first-order valence-corrected chi connectivity index (χ1v) is 8.70. The van der Waals surface area contributed by atoms with E-state index in [1.165, 1.54) is 6.20 Å². The molecular weight excluding hydrogens is 389 g/mol. The maximum absolute atomic E-state index is 12.3. The Balaban J connectivity index is 1.88. The van der Waals surface area contributed by atoms with Crippen molar-refractivity contribution >= 4 is 5.96 Å². The monoisotopic (exact) mass is 412 g/mol. The highest BCUT2D eigenvalue weighted by Gasteiger charge is 2.29. The van der Waals surface area contributed by atoms with E-state index in [9.17, 15) is 13.2 Å². The average molecular weight is 412 g/mol. The van der Waals surface area contributed by atoms with E-state index < -0.39 is 12.8 Å². The number of nitrogens with one attached hydrogen (secondary N) is 1. The van der Waals surface area contributed by atoms with Gasteiger partial charge in [-0.3, -0.25) is 0 Å². The summed E-state index contributed by atoms with van der Waals surface area (Å²) in [6, 6.07) is 8.77. The van der Waals surface area contributed by atoms with Crippen LogP contribution in [0.5, 0.6) is 17.4 Å². The van der Waals surface area contributed by atoms with Crippen molar-refractivity contribution in [3.8, 4) is 17.4 Å². The van der Waals surface area contributed by atoms with Crippen LogP contribution >= 0.6 is 0 Å². The molecule has 0 aliphatic heterocycles. The summed E-state index contributed by atoms with van der Waals surface area (Å²) in [6.45, 7) is -0.870. The van der Waals surface area contributed by atoms with Gasteiger partial charge in [-0.2, -0.15) is 13.2 Å². The molecule has 0 aliphatic carbocycles. The Morgan fingerprint density at radius 1 is 1.17 bits per heavy atom. The summed E-state index contributed by atoms with van der Waals surface area (Å²) < 4.78 is 52.2. The van der Waals surface area contributed by atoms with Gasteiger partial charge in [0.15, 0.2) is 24.1 Å². The summed E-state index contributed by atoms with van der Waals surface area (Å²) in [5, 5.41) is 2.96. The highest BCUT2D eigenvalue weighted by molar-refractivity contribution is 5.77. The number of alkyl halides is 3. The lowest BCUT2D eigenvalue weighted by molar-refractivity contribution is -0.154. The van der Waals surface area contributed by atoms with E-state index in [2.05, 4.69) is 15.3 Å². The number of hydrogen-bond acceptors (Lipinski definition) is 5. The highest BCUT2D eigenvalue weighted by atomic mass is 19.4. The maximum Gasteiger partial charge on any atom is 0.422 e. The number of ether oxygens (including phenoxy) is 3. The molecule has 0 atom stereocenters. The quantitative estimate of drug-likeness (QED) is 0.486. The molecule has 0 unspecified atom stereocenters. The van der Waals surface area contributed by atoms with Gasteiger partial charge in [0.2, 0.25) is 5.88 Å². The number of methoxy groups -OCH3 is 2. The summed E-state index contributed by atoms with van der Waals surface area (Å²) >= 11 is 0. The van der Waals surface area contributed by atoms with Gasteiger partial charge >= 0.3 is 6.18 Å². The highest BCUT2D eigenvalue weighted by Crippen LogP contribution is 2.27. The predicted octanol–water partition coefficient (Wildman–Crippen LogP) is 2.69. The molecule has 10 heteroatoms. The first-order chi connectivity index (χ1) is 13.8. The Bertz CT molecular complexity index is 829. The summed E-state index contributed by atoms with van der Waals surface area (Å²) in [5.74, 6) is 1.32. The standard InChI is InChI=1S/C19H23F3N4O3/c1-27-15-6-5-13(10-16(15)28-2)7-9-25-18(23)26-11-14-4-3-8-24-17(14)29-12-19(20,21)22/h3-6,8,10H,7,9,11-12H2,1-2H3,(H3,23,25,26). The fourth-order valence-corrected chi connectivity index (χ4v) is 2.42. The van der Waals surface area contributed by atoms with E-state index in [-0.39, 0.29) is 18.4 Å². The van der Waals surface area contributed by atoms with Crippen LogP contribution in [-0.2, 0) is 13.0 Å². The van der Waals surface area contributed by atoms with Crippen LogP contribution in [0.2, 0.25) is 0 Å². The van der Waals surface area contributed by atoms with Crippen molar-refractivity contribution in [3.63, 3.8) is 0 Å². The van der Waals surface area contributed by atoms with Crippen LogP contribution in [-0.4, -0.2) is 44.5 Å². The van der Waals surface area contributed by atoms with Crippen molar-refractivity contribution in [2.75, 3.05) is 27.4 Å². The van der Waals surface area contributed by atoms with Crippen LogP contribution < -0.4 is 25.3 Å². The molecule has 0 bridgehead atoms. The van der Waals surface area contributed by atoms with Gasteiger partial charge in [0.05, 0.1) is 20.8 Å². The van der Waals surface area contributed by atoms with Gasteiger partial charge in [-0.15, -0.1) is 0 Å². The van der Waals surface area contributed by atoms with Gasteiger partial charge in [0.25, 0.3) is 0 Å². The minimum absolute atomic E-state index is 0.0379. The molecule has 1 aromatic carbocycles. The zero-order valence-electron chi connectivity index (χ0n) is 16.1. The predicted molar refractivity (Wildman–Crippen MR) is 102 cm³/mol. The molecule has 0 aliphatic rings. The third-order valence-corrected chi connectivity index (χ3v) is 3.81. The zero-order chi connectivity index (χ0) is 21.3. The number of hydrogen-bond donors (Lipinski definition) is 2. The smallest absolute Gasteiger partial charge is 0.422 e. The van der Waals surface area contributed by atoms with Gasteiger partial charge in [0, 0.05) is 18.3 Å². The van der Waals surface area contributed by atoms with Crippen molar-refractivity contribution in [2.24, 2.45) is 10.7 Å². The first kappa shape index (κ1) is 22.1. The number of guanidine groups is 1. The topological polar surface area (TPSA) is 91.0 Å². The Morgan fingerprint density at radius 2 is 1.93 bits per heavy atom. The van der Waals surface area contributed by atoms with Crippen LogP contribution in [0.15, 0.2) is 41.5 Å². The zero-order valence-corrected chi connectivity index (χ0v) is 16.1. The Hall–Kier alpha value is -3.17. The molecule has 29 heavy (non-hydrogen) atoms. The second-order valence-corrected chi connectivity index (χ2v) is 5.94. The van der Waals surface area contributed by atoms with Gasteiger partial charge in [0.1, 0.15) is 0 Å². The number of halogens is 3. The molecule has 1 aromatic heterocycles. The minimum Gasteiger partial charge on any atom is -0.493 e. The Morgan fingerprint density at radius 3 is 2.62 bits per heavy atom. The normalized spacial score (nSPS) is 11.8. The third-order valence-electron chi connectivity index (χ3n) is 3.81. The number of aliphatic imine (C=N–C) groups is 1.